The summed E-state index contributed by atoms with van der Waals surface area (Å²) in [6.45, 7) is 7.83. The highest BCUT2D eigenvalue weighted by molar-refractivity contribution is 8.15. The smallest absolute Gasteiger partial charge is 0.350 e. The van der Waals surface area contributed by atoms with E-state index >= 15 is 0 Å². The number of fused-ring (bicyclic) bond motifs is 1. The predicted molar refractivity (Wildman–Crippen MR) is 115 cm³/mol. The number of nitrogens with one attached hydrogen (secondary N) is 1. The normalized spacial score (nSPS) is 15.6. The number of sulfonamides is 1. The third kappa shape index (κ3) is 4.07. The molecule has 150 valence electrons. The standard InChI is InChI=1S/C18H19ClN2O4S3/c1-9-6-13-12(7-10(9)19)26-17(21-28(13,23)24)20-11-8-14(18(2,3)4)27-15(11)16(22)25-5/h6-8H,1-5H3,(H,20,21). The number of rotatable bonds is 2. The van der Waals surface area contributed by atoms with Crippen LogP contribution in [-0.4, -0.2) is 26.7 Å². The second kappa shape index (κ2) is 7.37. The monoisotopic (exact) mass is 458 g/mol. The van der Waals surface area contributed by atoms with Crippen molar-refractivity contribution in [3.05, 3.63) is 38.5 Å². The molecule has 1 N–H and O–H groups in total. The van der Waals surface area contributed by atoms with Gasteiger partial charge >= 0.3 is 5.97 Å². The molecule has 1 aromatic carbocycles. The Balaban J connectivity index is 2.03. The number of thiophene rings is 1. The highest BCUT2D eigenvalue weighted by Crippen LogP contribution is 2.40. The zero-order chi connectivity index (χ0) is 20.9. The number of halogens is 1. The van der Waals surface area contributed by atoms with Crippen LogP contribution in [0.4, 0.5) is 5.69 Å². The quantitative estimate of drug-likeness (QED) is 0.633. The maximum Gasteiger partial charge on any atom is 0.350 e. The van der Waals surface area contributed by atoms with Crippen LogP contribution in [0.15, 0.2) is 32.4 Å². The van der Waals surface area contributed by atoms with Gasteiger partial charge in [-0.1, -0.05) is 32.4 Å². The van der Waals surface area contributed by atoms with Crippen LogP contribution in [0.25, 0.3) is 0 Å². The average molecular weight is 459 g/mol. The predicted octanol–water partition coefficient (Wildman–Crippen LogP) is 5.06. The van der Waals surface area contributed by atoms with Gasteiger partial charge in [-0.15, -0.1) is 15.7 Å². The SMILES string of the molecule is COC(=O)c1sc(C(C)(C)C)cc1NC1=NS(=O)(=O)c2cc(C)c(Cl)cc2S1. The topological polar surface area (TPSA) is 84.8 Å². The molecule has 1 aliphatic rings. The van der Waals surface area contributed by atoms with Crippen LogP contribution in [0.5, 0.6) is 0 Å². The van der Waals surface area contributed by atoms with E-state index in [0.717, 1.165) is 16.6 Å². The number of anilines is 1. The van der Waals surface area contributed by atoms with Gasteiger partial charge in [-0.25, -0.2) is 4.79 Å². The van der Waals surface area contributed by atoms with Gasteiger partial charge in [-0.05, 0) is 47.9 Å². The first-order chi connectivity index (χ1) is 12.9. The molecule has 0 saturated carbocycles. The van der Waals surface area contributed by atoms with Crippen LogP contribution in [0.1, 0.15) is 40.9 Å². The zero-order valence-electron chi connectivity index (χ0n) is 15.9. The van der Waals surface area contributed by atoms with Crippen LogP contribution in [0.3, 0.4) is 0 Å². The maximum atomic E-state index is 12.6. The molecule has 2 heterocycles. The Morgan fingerprint density at radius 2 is 1.93 bits per heavy atom. The lowest BCUT2D eigenvalue weighted by Gasteiger charge is -2.18. The van der Waals surface area contributed by atoms with Crippen molar-refractivity contribution in [1.29, 1.82) is 0 Å². The van der Waals surface area contributed by atoms with Gasteiger partial charge in [0.15, 0.2) is 5.17 Å². The summed E-state index contributed by atoms with van der Waals surface area (Å²) >= 11 is 8.61. The van der Waals surface area contributed by atoms with Crippen molar-refractivity contribution >= 4 is 61.5 Å². The molecule has 10 heteroatoms. The average Bonchev–Trinajstić information content (AvgIpc) is 3.00. The molecule has 0 aliphatic carbocycles. The van der Waals surface area contributed by atoms with Crippen LogP contribution in [0, 0.1) is 6.92 Å². The minimum Gasteiger partial charge on any atom is -0.465 e. The number of carbonyl (C=O) groups is 1. The van der Waals surface area contributed by atoms with E-state index in [-0.39, 0.29) is 15.5 Å². The van der Waals surface area contributed by atoms with Crippen molar-refractivity contribution in [2.24, 2.45) is 4.40 Å². The van der Waals surface area contributed by atoms with Crippen molar-refractivity contribution in [3.8, 4) is 0 Å². The fourth-order valence-electron chi connectivity index (χ4n) is 2.46. The Hall–Kier alpha value is -1.55. The minimum absolute atomic E-state index is 0.124. The van der Waals surface area contributed by atoms with E-state index in [1.165, 1.54) is 24.5 Å². The van der Waals surface area contributed by atoms with Crippen molar-refractivity contribution in [1.82, 2.24) is 0 Å². The number of nitrogens with zero attached hydrogens (tertiary/aromatic N) is 1. The lowest BCUT2D eigenvalue weighted by molar-refractivity contribution is 0.0607. The molecule has 1 aromatic heterocycles. The Bertz CT molecular complexity index is 1100. The van der Waals surface area contributed by atoms with Gasteiger partial charge in [0.2, 0.25) is 0 Å². The number of methoxy groups -OCH3 is 1. The van der Waals surface area contributed by atoms with Gasteiger partial charge in [0.1, 0.15) is 9.77 Å². The second-order valence-electron chi connectivity index (χ2n) is 7.24. The number of carbonyl (C=O) groups excluding carboxylic acids is 1. The van der Waals surface area contributed by atoms with E-state index in [4.69, 9.17) is 16.3 Å². The molecule has 6 nitrogen and oxygen atoms in total. The van der Waals surface area contributed by atoms with Crippen LogP contribution in [0.2, 0.25) is 5.02 Å². The van der Waals surface area contributed by atoms with Gasteiger partial charge in [0.05, 0.1) is 12.8 Å². The maximum absolute atomic E-state index is 12.6. The van der Waals surface area contributed by atoms with E-state index < -0.39 is 16.0 Å². The van der Waals surface area contributed by atoms with Gasteiger partial charge < -0.3 is 10.1 Å². The third-order valence-electron chi connectivity index (χ3n) is 4.00. The second-order valence-corrected chi connectivity index (χ2v) is 11.3. The Labute approximate surface area is 177 Å². The molecule has 0 unspecified atom stereocenters. The van der Waals surface area contributed by atoms with Crippen LogP contribution < -0.4 is 5.32 Å². The molecule has 0 amide bonds. The number of aryl methyl sites for hydroxylation is 1. The van der Waals surface area contributed by atoms with E-state index in [2.05, 4.69) is 9.71 Å². The fourth-order valence-corrected chi connectivity index (χ4v) is 6.37. The molecular weight excluding hydrogens is 440 g/mol. The van der Waals surface area contributed by atoms with Crippen LogP contribution in [-0.2, 0) is 20.2 Å². The Morgan fingerprint density at radius 1 is 1.25 bits per heavy atom. The summed E-state index contributed by atoms with van der Waals surface area (Å²) in [6.07, 6.45) is 0. The van der Waals surface area contributed by atoms with Gasteiger partial charge in [0.25, 0.3) is 10.0 Å². The van der Waals surface area contributed by atoms with Gasteiger partial charge in [0, 0.05) is 14.8 Å². The first-order valence-electron chi connectivity index (χ1n) is 8.25. The molecule has 0 radical (unpaired) electrons. The number of ether oxygens (including phenoxy) is 1. The molecule has 28 heavy (non-hydrogen) atoms. The van der Waals surface area contributed by atoms with E-state index in [9.17, 15) is 13.2 Å². The van der Waals surface area contributed by atoms with E-state index in [0.29, 0.717) is 26.0 Å². The highest BCUT2D eigenvalue weighted by atomic mass is 35.5. The van der Waals surface area contributed by atoms with Crippen LogP contribution >= 0.6 is 34.7 Å². The lowest BCUT2D eigenvalue weighted by Crippen LogP contribution is -2.17. The van der Waals surface area contributed by atoms with Gasteiger partial charge in [-0.2, -0.15) is 8.42 Å². The molecular formula is C18H19ClN2O4S3. The summed E-state index contributed by atoms with van der Waals surface area (Å²) in [4.78, 5) is 14.1. The zero-order valence-corrected chi connectivity index (χ0v) is 19.1. The molecule has 0 spiro atoms. The summed E-state index contributed by atoms with van der Waals surface area (Å²) in [7, 11) is -2.57. The summed E-state index contributed by atoms with van der Waals surface area (Å²) in [6, 6.07) is 4.95. The van der Waals surface area contributed by atoms with E-state index in [1.807, 2.05) is 26.8 Å². The first kappa shape index (κ1) is 21.2. The van der Waals surface area contributed by atoms with Crippen molar-refractivity contribution in [2.45, 2.75) is 42.9 Å². The molecule has 2 aromatic rings. The Kier molecular flexibility index (Phi) is 5.57. The number of thioether (sulfide) groups is 1. The van der Waals surface area contributed by atoms with Crippen molar-refractivity contribution < 1.29 is 17.9 Å². The number of hydrogen-bond donors (Lipinski definition) is 1. The first-order valence-corrected chi connectivity index (χ1v) is 11.7. The lowest BCUT2D eigenvalue weighted by atomic mass is 9.94. The van der Waals surface area contributed by atoms with Crippen molar-refractivity contribution in [2.75, 3.05) is 12.4 Å². The number of benzene rings is 1. The number of hydrogen-bond acceptors (Lipinski definition) is 7. The largest absolute Gasteiger partial charge is 0.465 e. The molecule has 0 saturated heterocycles. The molecule has 1 aliphatic heterocycles. The molecule has 0 fully saturated rings. The number of amidine groups is 1. The molecule has 0 atom stereocenters. The summed E-state index contributed by atoms with van der Waals surface area (Å²) in [5.41, 5.74) is 0.945. The minimum atomic E-state index is -3.88. The number of esters is 1. The third-order valence-corrected chi connectivity index (χ3v) is 8.45. The summed E-state index contributed by atoms with van der Waals surface area (Å²) in [5.74, 6) is -0.494. The van der Waals surface area contributed by atoms with E-state index in [1.54, 1.807) is 13.0 Å². The molecule has 0 bridgehead atoms. The fraction of sp³-hybridized carbons (Fsp3) is 0.333. The Morgan fingerprint density at radius 3 is 2.54 bits per heavy atom. The highest BCUT2D eigenvalue weighted by Gasteiger charge is 2.29. The molecule has 3 rings (SSSR count). The summed E-state index contributed by atoms with van der Waals surface area (Å²) in [5, 5.41) is 3.61. The summed E-state index contributed by atoms with van der Waals surface area (Å²) < 4.78 is 33.9. The van der Waals surface area contributed by atoms with Gasteiger partial charge in [-0.3, -0.25) is 0 Å². The van der Waals surface area contributed by atoms with Crippen molar-refractivity contribution in [3.63, 3.8) is 0 Å².